The van der Waals surface area contributed by atoms with E-state index in [4.69, 9.17) is 64.8 Å². The minimum Gasteiger partial charge on any atom is -0.307 e. The van der Waals surface area contributed by atoms with Gasteiger partial charge < -0.3 is 4.57 Å². The van der Waals surface area contributed by atoms with Crippen molar-refractivity contribution in [1.29, 1.82) is 0 Å². The van der Waals surface area contributed by atoms with Crippen molar-refractivity contribution in [3.8, 4) is 159 Å². The van der Waals surface area contributed by atoms with Crippen molar-refractivity contribution in [2.45, 2.75) is 13.1 Å². The Hall–Kier alpha value is -15.6. The second-order valence-corrected chi connectivity index (χ2v) is 27.9. The van der Waals surface area contributed by atoms with Crippen molar-refractivity contribution in [2.24, 2.45) is 0 Å². The number of rotatable bonds is 15. The Morgan fingerprint density at radius 3 is 0.704 bits per heavy atom. The van der Waals surface area contributed by atoms with Crippen molar-refractivity contribution < 1.29 is 13.2 Å². The highest BCUT2D eigenvalue weighted by atomic mass is 19.4. The lowest BCUT2D eigenvalue weighted by Crippen LogP contribution is -2.07. The molecule has 15 nitrogen and oxygen atoms in total. The van der Waals surface area contributed by atoms with Crippen LogP contribution in [0.2, 0.25) is 0 Å². The van der Waals surface area contributed by atoms with Crippen LogP contribution in [-0.2, 0) is 6.18 Å². The van der Waals surface area contributed by atoms with E-state index >= 15 is 13.2 Å². The Labute approximate surface area is 656 Å². The van der Waals surface area contributed by atoms with Crippen LogP contribution < -0.4 is 0 Å². The SMILES string of the molecule is Cc1cc(-c2cc(-n3c4ccc(-c5nc(-c6ccccc6)nc(-c6ccccc6)n5)cc4c4cc(-c5nc(-c6ccccc6)nc(-c6ccccc6)n5)ccc43)ncc2-n2c3ccc(-c4nc(-c5ccccc5)nc(-c5ccccc5)n4)cc3c3cc(-c4nc(-c5ccccc5)nc(-c5ccccc5)n4)ccc32)cc(C(F)(F)F)c1. The number of aromatic nitrogens is 15. The molecule has 18 heteroatoms. The molecule has 7 aromatic heterocycles. The molecule has 0 aliphatic carbocycles. The van der Waals surface area contributed by atoms with Gasteiger partial charge in [0.2, 0.25) is 0 Å². The maximum Gasteiger partial charge on any atom is 0.416 e. The van der Waals surface area contributed by atoms with Gasteiger partial charge in [-0.3, -0.25) is 4.57 Å². The molecule has 0 saturated carbocycles. The third-order valence-corrected chi connectivity index (χ3v) is 20.4. The van der Waals surface area contributed by atoms with E-state index in [9.17, 15) is 0 Å². The highest BCUT2D eigenvalue weighted by molar-refractivity contribution is 6.13. The number of fused-ring (bicyclic) bond motifs is 6. The molecule has 0 unspecified atom stereocenters. The Morgan fingerprint density at radius 2 is 0.461 bits per heavy atom. The standard InChI is InChI=1S/C97H60F3N15/c1-59-50-72(52-73(51-59)97(98,99)100)74-57-84(115-81-48-44-70(95-110-89(64-34-18-6-19-35-64)104-90(111-95)65-36-20-7-21-37-65)55-77(81)78-56-71(45-49-82(78)115)96-112-91(66-38-22-8-23-39-66)105-92(113-96)67-40-24-9-25-41-67)101-58-83(74)114-79-46-42-68(93-106-85(60-26-10-2-11-27-60)102-86(107-93)61-28-12-3-13-29-61)53-75(79)76-54-69(43-47-80(76)114)94-108-87(62-30-14-4-15-31-62)103-88(109-94)63-32-16-5-17-33-63/h2-58H,1H3. The third-order valence-electron chi connectivity index (χ3n) is 20.4. The molecule has 115 heavy (non-hydrogen) atoms. The maximum atomic E-state index is 15.6. The molecule has 0 atom stereocenters. The lowest BCUT2D eigenvalue weighted by Gasteiger charge is -2.18. The molecule has 20 aromatic rings. The first kappa shape index (κ1) is 68.7. The number of nitrogens with zero attached hydrogens (tertiary/aromatic N) is 15. The molecule has 544 valence electrons. The third kappa shape index (κ3) is 13.2. The molecular weight excluding hydrogens is 1430 g/mol. The van der Waals surface area contributed by atoms with Gasteiger partial charge in [0.05, 0.1) is 39.5 Å². The van der Waals surface area contributed by atoms with Crippen molar-refractivity contribution in [2.75, 3.05) is 0 Å². The largest absolute Gasteiger partial charge is 0.416 e. The molecule has 0 radical (unpaired) electrons. The fourth-order valence-corrected chi connectivity index (χ4v) is 14.9. The molecular formula is C97H60F3N15. The number of alkyl halides is 3. The second-order valence-electron chi connectivity index (χ2n) is 27.9. The summed E-state index contributed by atoms with van der Waals surface area (Å²) in [6.07, 6.45) is -2.95. The highest BCUT2D eigenvalue weighted by Crippen LogP contribution is 2.45. The molecule has 0 amide bonds. The Bertz CT molecular complexity index is 6520. The van der Waals surface area contributed by atoms with Crippen molar-refractivity contribution >= 4 is 43.6 Å². The first-order valence-electron chi connectivity index (χ1n) is 37.3. The minimum atomic E-state index is -4.71. The monoisotopic (exact) mass is 1490 g/mol. The van der Waals surface area contributed by atoms with Gasteiger partial charge in [-0.25, -0.2) is 64.8 Å². The molecule has 13 aromatic carbocycles. The van der Waals surface area contributed by atoms with E-state index in [1.165, 1.54) is 12.1 Å². The first-order chi connectivity index (χ1) is 56.5. The normalized spacial score (nSPS) is 11.7. The summed E-state index contributed by atoms with van der Waals surface area (Å²) in [5.74, 6) is 6.04. The number of hydrogen-bond donors (Lipinski definition) is 0. The fraction of sp³-hybridized carbons (Fsp3) is 0.0206. The van der Waals surface area contributed by atoms with Gasteiger partial charge in [0, 0.05) is 93.9 Å². The average Bonchev–Trinajstić information content (AvgIpc) is 1.57. The van der Waals surface area contributed by atoms with E-state index in [2.05, 4.69) is 33.4 Å². The second kappa shape index (κ2) is 28.7. The molecule has 0 fully saturated rings. The van der Waals surface area contributed by atoms with Gasteiger partial charge in [0.1, 0.15) is 5.82 Å². The van der Waals surface area contributed by atoms with Crippen LogP contribution in [0.4, 0.5) is 13.2 Å². The summed E-state index contributed by atoms with van der Waals surface area (Å²) < 4.78 is 51.0. The molecule has 0 bridgehead atoms. The Balaban J connectivity index is 0.832. The summed E-state index contributed by atoms with van der Waals surface area (Å²) in [5, 5.41) is 3.09. The van der Waals surface area contributed by atoms with Gasteiger partial charge in [0.15, 0.2) is 69.9 Å². The predicted octanol–water partition coefficient (Wildman–Crippen LogP) is 23.0. The van der Waals surface area contributed by atoms with Gasteiger partial charge in [-0.05, 0) is 109 Å². The van der Waals surface area contributed by atoms with E-state index in [-0.39, 0.29) is 0 Å². The van der Waals surface area contributed by atoms with E-state index in [1.807, 2.05) is 297 Å². The molecule has 0 aliphatic rings. The molecule has 0 aliphatic heterocycles. The van der Waals surface area contributed by atoms with Crippen molar-refractivity contribution in [3.63, 3.8) is 0 Å². The topological polar surface area (TPSA) is 177 Å². The fourth-order valence-electron chi connectivity index (χ4n) is 14.9. The number of pyridine rings is 1. The summed E-state index contributed by atoms with van der Waals surface area (Å²) in [6.45, 7) is 1.68. The number of benzene rings is 13. The van der Waals surface area contributed by atoms with Gasteiger partial charge in [0.25, 0.3) is 0 Å². The zero-order valence-electron chi connectivity index (χ0n) is 61.3. The summed E-state index contributed by atoms with van der Waals surface area (Å²) in [5.41, 5.74) is 12.9. The average molecular weight is 1490 g/mol. The molecule has 7 heterocycles. The Kier molecular flexibility index (Phi) is 17.1. The highest BCUT2D eigenvalue weighted by Gasteiger charge is 2.32. The quantitative estimate of drug-likeness (QED) is 0.0948. The zero-order valence-corrected chi connectivity index (χ0v) is 61.3. The molecule has 0 N–H and O–H groups in total. The van der Waals surface area contributed by atoms with Crippen LogP contribution in [0.5, 0.6) is 0 Å². The van der Waals surface area contributed by atoms with Crippen molar-refractivity contribution in [1.82, 2.24) is 73.9 Å². The number of aryl methyl sites for hydroxylation is 1. The smallest absolute Gasteiger partial charge is 0.307 e. The summed E-state index contributed by atoms with van der Waals surface area (Å²) in [4.78, 5) is 67.0. The van der Waals surface area contributed by atoms with E-state index < -0.39 is 11.7 Å². The van der Waals surface area contributed by atoms with E-state index in [0.717, 1.165) is 77.1 Å². The van der Waals surface area contributed by atoms with Crippen LogP contribution in [0.25, 0.3) is 203 Å². The molecule has 20 rings (SSSR count). The van der Waals surface area contributed by atoms with E-state index in [0.29, 0.717) is 131 Å². The van der Waals surface area contributed by atoms with Crippen LogP contribution >= 0.6 is 0 Å². The number of hydrogen-bond acceptors (Lipinski definition) is 13. The summed E-state index contributed by atoms with van der Waals surface area (Å²) >= 11 is 0. The lowest BCUT2D eigenvalue weighted by molar-refractivity contribution is -0.137. The summed E-state index contributed by atoms with van der Waals surface area (Å²) in [6, 6.07) is 109. The van der Waals surface area contributed by atoms with Crippen LogP contribution in [0.15, 0.2) is 346 Å². The van der Waals surface area contributed by atoms with Crippen LogP contribution in [-0.4, -0.2) is 73.9 Å². The predicted molar refractivity (Wildman–Crippen MR) is 447 cm³/mol. The van der Waals surface area contributed by atoms with Gasteiger partial charge in [-0.1, -0.05) is 249 Å². The maximum absolute atomic E-state index is 15.6. The van der Waals surface area contributed by atoms with Crippen molar-refractivity contribution in [3.05, 3.63) is 357 Å². The lowest BCUT2D eigenvalue weighted by atomic mass is 9.99. The van der Waals surface area contributed by atoms with Crippen LogP contribution in [0.3, 0.4) is 0 Å². The van der Waals surface area contributed by atoms with Crippen LogP contribution in [0.1, 0.15) is 11.1 Å². The Morgan fingerprint density at radius 1 is 0.226 bits per heavy atom. The van der Waals surface area contributed by atoms with Crippen LogP contribution in [0, 0.1) is 6.92 Å². The van der Waals surface area contributed by atoms with E-state index in [1.54, 1.807) is 19.2 Å². The molecule has 0 spiro atoms. The summed E-state index contributed by atoms with van der Waals surface area (Å²) in [7, 11) is 0. The number of halogens is 3. The van der Waals surface area contributed by atoms with Gasteiger partial charge in [-0.15, -0.1) is 0 Å². The zero-order chi connectivity index (χ0) is 77.1. The molecule has 0 saturated heterocycles. The first-order valence-corrected chi connectivity index (χ1v) is 37.3. The minimum absolute atomic E-state index is 0.301. The van der Waals surface area contributed by atoms with Gasteiger partial charge in [-0.2, -0.15) is 13.2 Å². The van der Waals surface area contributed by atoms with Gasteiger partial charge >= 0.3 is 6.18 Å².